The minimum Gasteiger partial charge on any atom is -0.508 e. The molecule has 0 aromatic heterocycles. The second kappa shape index (κ2) is 7.25. The number of rotatable bonds is 6. The van der Waals surface area contributed by atoms with Gasteiger partial charge in [-0.25, -0.2) is 0 Å². The average Bonchev–Trinajstić information content (AvgIpc) is 2.47. The molecule has 112 valence electrons. The van der Waals surface area contributed by atoms with Gasteiger partial charge in [0, 0.05) is 17.6 Å². The van der Waals surface area contributed by atoms with Crippen LogP contribution in [0.1, 0.15) is 29.7 Å². The van der Waals surface area contributed by atoms with Crippen LogP contribution < -0.4 is 5.32 Å². The normalized spacial score (nSPS) is 13.9. The fourth-order valence-electron chi connectivity index (χ4n) is 2.60. The van der Waals surface area contributed by atoms with Crippen molar-refractivity contribution in [1.29, 1.82) is 0 Å². The van der Waals surface area contributed by atoms with Crippen molar-refractivity contribution in [2.24, 2.45) is 0 Å². The maximum atomic E-state index is 9.89. The molecule has 0 aliphatic heterocycles. The lowest BCUT2D eigenvalue weighted by Gasteiger charge is -2.23. The summed E-state index contributed by atoms with van der Waals surface area (Å²) >= 11 is 0. The first kappa shape index (κ1) is 15.5. The van der Waals surface area contributed by atoms with Crippen LogP contribution in [0.3, 0.4) is 0 Å². The van der Waals surface area contributed by atoms with Gasteiger partial charge >= 0.3 is 0 Å². The topological polar surface area (TPSA) is 52.5 Å². The standard InChI is InChI=1S/C18H23NO2/c1-13-6-5-7-15(10-13)11-16(12-20)19-14(2)17-8-3-4-9-18(17)21/h3-10,14,16,19-21H,11-12H2,1-2H3. The van der Waals surface area contributed by atoms with Crippen LogP contribution in [0.5, 0.6) is 5.75 Å². The molecule has 2 aromatic rings. The largest absolute Gasteiger partial charge is 0.508 e. The molecule has 2 atom stereocenters. The van der Waals surface area contributed by atoms with Crippen LogP contribution in [0.2, 0.25) is 0 Å². The number of hydrogen-bond acceptors (Lipinski definition) is 3. The van der Waals surface area contributed by atoms with E-state index in [1.54, 1.807) is 6.07 Å². The van der Waals surface area contributed by atoms with Crippen molar-refractivity contribution in [2.75, 3.05) is 6.61 Å². The molecule has 3 heteroatoms. The number of para-hydroxylation sites is 1. The van der Waals surface area contributed by atoms with E-state index in [2.05, 4.69) is 30.4 Å². The van der Waals surface area contributed by atoms with Crippen molar-refractivity contribution >= 4 is 0 Å². The molecule has 3 N–H and O–H groups in total. The summed E-state index contributed by atoms with van der Waals surface area (Å²) in [5, 5.41) is 22.9. The summed E-state index contributed by atoms with van der Waals surface area (Å²) in [7, 11) is 0. The van der Waals surface area contributed by atoms with Gasteiger partial charge in [0.2, 0.25) is 0 Å². The van der Waals surface area contributed by atoms with E-state index in [4.69, 9.17) is 0 Å². The molecule has 0 amide bonds. The molecule has 0 saturated carbocycles. The molecule has 0 aliphatic carbocycles. The Bertz CT molecular complexity index is 583. The molecule has 2 unspecified atom stereocenters. The van der Waals surface area contributed by atoms with Crippen LogP contribution in [-0.2, 0) is 6.42 Å². The van der Waals surface area contributed by atoms with Crippen LogP contribution >= 0.6 is 0 Å². The molecule has 0 fully saturated rings. The zero-order valence-electron chi connectivity index (χ0n) is 12.6. The summed E-state index contributed by atoms with van der Waals surface area (Å²) in [6.07, 6.45) is 0.760. The fourth-order valence-corrected chi connectivity index (χ4v) is 2.60. The first-order valence-electron chi connectivity index (χ1n) is 7.30. The van der Waals surface area contributed by atoms with Crippen LogP contribution in [0.15, 0.2) is 48.5 Å². The van der Waals surface area contributed by atoms with Gasteiger partial charge in [-0.2, -0.15) is 0 Å². The number of aromatic hydroxyl groups is 1. The molecule has 0 saturated heterocycles. The average molecular weight is 285 g/mol. The summed E-state index contributed by atoms with van der Waals surface area (Å²) < 4.78 is 0. The van der Waals surface area contributed by atoms with Crippen molar-refractivity contribution in [3.05, 3.63) is 65.2 Å². The number of aliphatic hydroxyl groups excluding tert-OH is 1. The molecule has 0 aliphatic rings. The lowest BCUT2D eigenvalue weighted by atomic mass is 10.0. The smallest absolute Gasteiger partial charge is 0.120 e. The van der Waals surface area contributed by atoms with Gasteiger partial charge in [0.15, 0.2) is 0 Å². The number of phenolic OH excluding ortho intramolecular Hbond substituents is 1. The SMILES string of the molecule is Cc1cccc(CC(CO)NC(C)c2ccccc2O)c1. The molecule has 0 bridgehead atoms. The fraction of sp³-hybridized carbons (Fsp3) is 0.333. The van der Waals surface area contributed by atoms with Crippen molar-refractivity contribution < 1.29 is 10.2 Å². The molecule has 2 aromatic carbocycles. The Balaban J connectivity index is 2.04. The Hall–Kier alpha value is -1.84. The highest BCUT2D eigenvalue weighted by Crippen LogP contribution is 2.23. The Morgan fingerprint density at radius 1 is 1.10 bits per heavy atom. The van der Waals surface area contributed by atoms with Crippen molar-refractivity contribution in [3.8, 4) is 5.75 Å². The van der Waals surface area contributed by atoms with Gasteiger partial charge in [-0.15, -0.1) is 0 Å². The molecule has 0 heterocycles. The van der Waals surface area contributed by atoms with E-state index in [1.165, 1.54) is 11.1 Å². The minimum atomic E-state index is -0.0404. The summed E-state index contributed by atoms with van der Waals surface area (Å²) in [6.45, 7) is 4.12. The third-order valence-electron chi connectivity index (χ3n) is 3.67. The van der Waals surface area contributed by atoms with Crippen LogP contribution in [-0.4, -0.2) is 22.9 Å². The lowest BCUT2D eigenvalue weighted by Crippen LogP contribution is -2.36. The van der Waals surface area contributed by atoms with Gasteiger partial charge in [-0.3, -0.25) is 0 Å². The van der Waals surface area contributed by atoms with E-state index in [0.29, 0.717) is 0 Å². The molecule has 3 nitrogen and oxygen atoms in total. The predicted octanol–water partition coefficient (Wildman–Crippen LogP) is 2.95. The highest BCUT2D eigenvalue weighted by Gasteiger charge is 2.15. The van der Waals surface area contributed by atoms with Gasteiger partial charge < -0.3 is 15.5 Å². The lowest BCUT2D eigenvalue weighted by molar-refractivity contribution is 0.232. The van der Waals surface area contributed by atoms with E-state index in [-0.39, 0.29) is 24.4 Å². The van der Waals surface area contributed by atoms with E-state index in [0.717, 1.165) is 12.0 Å². The molecular formula is C18H23NO2. The number of aryl methyl sites for hydroxylation is 1. The van der Waals surface area contributed by atoms with Gasteiger partial charge in [0.05, 0.1) is 6.61 Å². The quantitative estimate of drug-likeness (QED) is 0.765. The Labute approximate surface area is 126 Å². The molecule has 0 spiro atoms. The monoisotopic (exact) mass is 285 g/mol. The predicted molar refractivity (Wildman–Crippen MR) is 85.4 cm³/mol. The van der Waals surface area contributed by atoms with Gasteiger partial charge in [-0.1, -0.05) is 48.0 Å². The van der Waals surface area contributed by atoms with Crippen molar-refractivity contribution in [1.82, 2.24) is 5.32 Å². The molecule has 0 radical (unpaired) electrons. The van der Waals surface area contributed by atoms with E-state index < -0.39 is 0 Å². The first-order chi connectivity index (χ1) is 10.1. The van der Waals surface area contributed by atoms with Crippen LogP contribution in [0.4, 0.5) is 0 Å². The second-order valence-corrected chi connectivity index (χ2v) is 5.52. The van der Waals surface area contributed by atoms with Crippen molar-refractivity contribution in [2.45, 2.75) is 32.4 Å². The molecule has 2 rings (SSSR count). The number of nitrogens with one attached hydrogen (secondary N) is 1. The number of benzene rings is 2. The van der Waals surface area contributed by atoms with Gasteiger partial charge in [0.25, 0.3) is 0 Å². The third-order valence-corrected chi connectivity index (χ3v) is 3.67. The molecule has 21 heavy (non-hydrogen) atoms. The summed E-state index contributed by atoms with van der Waals surface area (Å²) in [5.74, 6) is 0.282. The molecular weight excluding hydrogens is 262 g/mol. The van der Waals surface area contributed by atoms with Crippen molar-refractivity contribution in [3.63, 3.8) is 0 Å². The Morgan fingerprint density at radius 3 is 2.52 bits per heavy atom. The first-order valence-corrected chi connectivity index (χ1v) is 7.30. The summed E-state index contributed by atoms with van der Waals surface area (Å²) in [6, 6.07) is 15.5. The van der Waals surface area contributed by atoms with E-state index in [1.807, 2.05) is 31.2 Å². The highest BCUT2D eigenvalue weighted by atomic mass is 16.3. The number of hydrogen-bond donors (Lipinski definition) is 3. The minimum absolute atomic E-state index is 0.0202. The number of aliphatic hydroxyl groups is 1. The van der Waals surface area contributed by atoms with E-state index in [9.17, 15) is 10.2 Å². The Morgan fingerprint density at radius 2 is 1.86 bits per heavy atom. The summed E-state index contributed by atoms with van der Waals surface area (Å²) in [5.41, 5.74) is 3.27. The maximum absolute atomic E-state index is 9.89. The zero-order chi connectivity index (χ0) is 15.2. The second-order valence-electron chi connectivity index (χ2n) is 5.52. The van der Waals surface area contributed by atoms with Gasteiger partial charge in [-0.05, 0) is 31.9 Å². The highest BCUT2D eigenvalue weighted by molar-refractivity contribution is 5.34. The van der Waals surface area contributed by atoms with Gasteiger partial charge in [0.1, 0.15) is 5.75 Å². The van der Waals surface area contributed by atoms with Crippen LogP contribution in [0, 0.1) is 6.92 Å². The third kappa shape index (κ3) is 4.31. The summed E-state index contributed by atoms with van der Waals surface area (Å²) in [4.78, 5) is 0. The zero-order valence-corrected chi connectivity index (χ0v) is 12.6. The maximum Gasteiger partial charge on any atom is 0.120 e. The van der Waals surface area contributed by atoms with Crippen LogP contribution in [0.25, 0.3) is 0 Å². The Kier molecular flexibility index (Phi) is 5.37. The van der Waals surface area contributed by atoms with E-state index >= 15 is 0 Å². The number of phenols is 1.